The van der Waals surface area contributed by atoms with Crippen LogP contribution in [0.25, 0.3) is 0 Å². The Bertz CT molecular complexity index is 463. The van der Waals surface area contributed by atoms with Crippen LogP contribution in [0.1, 0.15) is 43.6 Å². The molecule has 2 atom stereocenters. The van der Waals surface area contributed by atoms with Crippen molar-refractivity contribution in [3.8, 4) is 0 Å². The molecule has 110 valence electrons. The molecule has 1 amide bonds. The van der Waals surface area contributed by atoms with E-state index in [0.29, 0.717) is 17.8 Å². The second kappa shape index (κ2) is 6.70. The van der Waals surface area contributed by atoms with Gasteiger partial charge < -0.3 is 16.0 Å². The first kappa shape index (κ1) is 14.8. The maximum Gasteiger partial charge on any atom is 0.267 e. The summed E-state index contributed by atoms with van der Waals surface area (Å²) in [4.78, 5) is 17.7. The summed E-state index contributed by atoms with van der Waals surface area (Å²) in [5, 5.41) is 3.50. The number of nitrogens with one attached hydrogen (secondary N) is 1. The van der Waals surface area contributed by atoms with Crippen LogP contribution in [0, 0.1) is 0 Å². The molecule has 2 unspecified atom stereocenters. The van der Waals surface area contributed by atoms with Crippen molar-refractivity contribution in [3.05, 3.63) is 24.0 Å². The van der Waals surface area contributed by atoms with Crippen LogP contribution in [0.15, 0.2) is 18.3 Å². The van der Waals surface area contributed by atoms with Gasteiger partial charge in [0.1, 0.15) is 5.69 Å². The standard InChI is InChI=1S/C15H24N4O/c1-3-17-11(2)14-6-4-5-9-19(14)12-7-8-18-13(10-12)15(16)20/h7-8,10-11,14,17H,3-6,9H2,1-2H3,(H2,16,20). The maximum atomic E-state index is 11.3. The van der Waals surface area contributed by atoms with Gasteiger partial charge in [0.2, 0.25) is 0 Å². The fraction of sp³-hybridized carbons (Fsp3) is 0.600. The Morgan fingerprint density at radius 2 is 2.40 bits per heavy atom. The lowest BCUT2D eigenvalue weighted by molar-refractivity contribution is 0.0995. The fourth-order valence-corrected chi connectivity index (χ4v) is 2.99. The van der Waals surface area contributed by atoms with Crippen molar-refractivity contribution < 1.29 is 4.79 Å². The van der Waals surface area contributed by atoms with Crippen molar-refractivity contribution in [1.82, 2.24) is 10.3 Å². The average Bonchev–Trinajstić information content (AvgIpc) is 2.47. The predicted molar refractivity (Wildman–Crippen MR) is 80.9 cm³/mol. The van der Waals surface area contributed by atoms with Gasteiger partial charge in [-0.15, -0.1) is 0 Å². The van der Waals surface area contributed by atoms with Gasteiger partial charge in [0, 0.05) is 30.5 Å². The van der Waals surface area contributed by atoms with Gasteiger partial charge in [-0.25, -0.2) is 0 Å². The first-order chi connectivity index (χ1) is 9.63. The zero-order valence-electron chi connectivity index (χ0n) is 12.3. The van der Waals surface area contributed by atoms with E-state index < -0.39 is 5.91 Å². The number of carbonyl (C=O) groups is 1. The van der Waals surface area contributed by atoms with Crippen LogP contribution < -0.4 is 16.0 Å². The molecule has 5 nitrogen and oxygen atoms in total. The van der Waals surface area contributed by atoms with Crippen LogP contribution >= 0.6 is 0 Å². The van der Waals surface area contributed by atoms with E-state index in [2.05, 4.69) is 29.0 Å². The number of nitrogens with two attached hydrogens (primary N) is 1. The summed E-state index contributed by atoms with van der Waals surface area (Å²) in [7, 11) is 0. The van der Waals surface area contributed by atoms with Crippen molar-refractivity contribution in [1.29, 1.82) is 0 Å². The molecule has 0 spiro atoms. The highest BCUT2D eigenvalue weighted by molar-refractivity contribution is 5.91. The van der Waals surface area contributed by atoms with E-state index in [4.69, 9.17) is 5.73 Å². The number of carbonyl (C=O) groups excluding carboxylic acids is 1. The van der Waals surface area contributed by atoms with Crippen LogP contribution in [0.5, 0.6) is 0 Å². The molecule has 1 aromatic rings. The van der Waals surface area contributed by atoms with E-state index in [1.165, 1.54) is 19.3 Å². The number of piperidine rings is 1. The Kier molecular flexibility index (Phi) is 4.95. The molecule has 1 aliphatic rings. The largest absolute Gasteiger partial charge is 0.367 e. The minimum absolute atomic E-state index is 0.336. The number of nitrogens with zero attached hydrogens (tertiary/aromatic N) is 2. The molecule has 0 saturated carbocycles. The first-order valence-corrected chi connectivity index (χ1v) is 7.39. The Hall–Kier alpha value is -1.62. The molecule has 20 heavy (non-hydrogen) atoms. The van der Waals surface area contributed by atoms with E-state index in [0.717, 1.165) is 18.8 Å². The Labute approximate surface area is 120 Å². The van der Waals surface area contributed by atoms with Gasteiger partial charge in [0.25, 0.3) is 5.91 Å². The van der Waals surface area contributed by atoms with E-state index >= 15 is 0 Å². The lowest BCUT2D eigenvalue weighted by Gasteiger charge is -2.41. The number of hydrogen-bond acceptors (Lipinski definition) is 4. The lowest BCUT2D eigenvalue weighted by Crippen LogP contribution is -2.51. The topological polar surface area (TPSA) is 71.2 Å². The summed E-state index contributed by atoms with van der Waals surface area (Å²) in [5.74, 6) is -0.472. The van der Waals surface area contributed by atoms with Gasteiger partial charge in [-0.3, -0.25) is 9.78 Å². The third-order valence-corrected chi connectivity index (χ3v) is 3.98. The van der Waals surface area contributed by atoms with Gasteiger partial charge in [0.15, 0.2) is 0 Å². The zero-order valence-corrected chi connectivity index (χ0v) is 12.3. The number of rotatable bonds is 5. The molecule has 2 heterocycles. The summed E-state index contributed by atoms with van der Waals surface area (Å²) < 4.78 is 0. The average molecular weight is 276 g/mol. The third kappa shape index (κ3) is 3.28. The molecule has 0 aromatic carbocycles. The van der Waals surface area contributed by atoms with Crippen molar-refractivity contribution in [2.24, 2.45) is 5.73 Å². The number of likely N-dealkylation sites (N-methyl/N-ethyl adjacent to an activating group) is 1. The van der Waals surface area contributed by atoms with Crippen LogP contribution in [0.2, 0.25) is 0 Å². The van der Waals surface area contributed by atoms with Gasteiger partial charge in [-0.2, -0.15) is 0 Å². The van der Waals surface area contributed by atoms with Crippen molar-refractivity contribution in [2.75, 3.05) is 18.0 Å². The number of hydrogen-bond donors (Lipinski definition) is 2. The molecule has 1 aliphatic heterocycles. The summed E-state index contributed by atoms with van der Waals surface area (Å²) in [6.07, 6.45) is 5.27. The zero-order chi connectivity index (χ0) is 14.5. The molecule has 0 bridgehead atoms. The van der Waals surface area contributed by atoms with Crippen LogP contribution in [0.3, 0.4) is 0 Å². The van der Waals surface area contributed by atoms with Crippen molar-refractivity contribution in [2.45, 2.75) is 45.2 Å². The van der Waals surface area contributed by atoms with E-state index in [1.54, 1.807) is 12.3 Å². The summed E-state index contributed by atoms with van der Waals surface area (Å²) in [6, 6.07) is 4.64. The van der Waals surface area contributed by atoms with E-state index in [-0.39, 0.29) is 0 Å². The number of primary amides is 1. The summed E-state index contributed by atoms with van der Waals surface area (Å²) in [5.41, 5.74) is 6.70. The molecule has 3 N–H and O–H groups in total. The molecule has 2 rings (SSSR count). The van der Waals surface area contributed by atoms with Crippen LogP contribution in [0.4, 0.5) is 5.69 Å². The number of anilines is 1. The highest BCUT2D eigenvalue weighted by Gasteiger charge is 2.27. The molecule has 0 radical (unpaired) electrons. The van der Waals surface area contributed by atoms with Gasteiger partial charge in [-0.05, 0) is 44.9 Å². The van der Waals surface area contributed by atoms with Gasteiger partial charge in [-0.1, -0.05) is 6.92 Å². The predicted octanol–water partition coefficient (Wildman–Crippen LogP) is 1.54. The normalized spacial score (nSPS) is 20.7. The molecular weight excluding hydrogens is 252 g/mol. The molecular formula is C15H24N4O. The minimum Gasteiger partial charge on any atom is -0.367 e. The van der Waals surface area contributed by atoms with Crippen molar-refractivity contribution >= 4 is 11.6 Å². The Morgan fingerprint density at radius 3 is 3.10 bits per heavy atom. The summed E-state index contributed by atoms with van der Waals surface area (Å²) in [6.45, 7) is 6.33. The Morgan fingerprint density at radius 1 is 1.60 bits per heavy atom. The number of amides is 1. The Balaban J connectivity index is 2.23. The van der Waals surface area contributed by atoms with E-state index in [9.17, 15) is 4.79 Å². The van der Waals surface area contributed by atoms with E-state index in [1.807, 2.05) is 6.07 Å². The molecule has 1 fully saturated rings. The monoisotopic (exact) mass is 276 g/mol. The van der Waals surface area contributed by atoms with Crippen LogP contribution in [-0.4, -0.2) is 36.1 Å². The number of pyridine rings is 1. The highest BCUT2D eigenvalue weighted by atomic mass is 16.1. The first-order valence-electron chi connectivity index (χ1n) is 7.39. The molecule has 5 heteroatoms. The molecule has 0 aliphatic carbocycles. The minimum atomic E-state index is -0.472. The number of aromatic nitrogens is 1. The third-order valence-electron chi connectivity index (χ3n) is 3.98. The quantitative estimate of drug-likeness (QED) is 0.855. The fourth-order valence-electron chi connectivity index (χ4n) is 2.99. The van der Waals surface area contributed by atoms with Crippen LogP contribution in [-0.2, 0) is 0 Å². The SMILES string of the molecule is CCNC(C)C1CCCCN1c1ccnc(C(N)=O)c1. The highest BCUT2D eigenvalue weighted by Crippen LogP contribution is 2.26. The second-order valence-electron chi connectivity index (χ2n) is 5.37. The molecule has 1 aromatic heterocycles. The maximum absolute atomic E-state index is 11.3. The summed E-state index contributed by atoms with van der Waals surface area (Å²) >= 11 is 0. The van der Waals surface area contributed by atoms with Crippen molar-refractivity contribution in [3.63, 3.8) is 0 Å². The second-order valence-corrected chi connectivity index (χ2v) is 5.37. The smallest absolute Gasteiger partial charge is 0.267 e. The van der Waals surface area contributed by atoms with Gasteiger partial charge in [0.05, 0.1) is 0 Å². The lowest BCUT2D eigenvalue weighted by atomic mass is 9.95. The molecule has 1 saturated heterocycles. The van der Waals surface area contributed by atoms with Gasteiger partial charge >= 0.3 is 0 Å².